The van der Waals surface area contributed by atoms with Crippen LogP contribution in [-0.2, 0) is 11.0 Å². The summed E-state index contributed by atoms with van der Waals surface area (Å²) >= 11 is 0. The van der Waals surface area contributed by atoms with E-state index >= 15 is 0 Å². The van der Waals surface area contributed by atoms with E-state index in [4.69, 9.17) is 5.11 Å². The summed E-state index contributed by atoms with van der Waals surface area (Å²) < 4.78 is 39.2. The molecule has 108 valence electrons. The summed E-state index contributed by atoms with van der Waals surface area (Å²) in [7, 11) is 0. The van der Waals surface area contributed by atoms with E-state index in [9.17, 15) is 18.0 Å². The van der Waals surface area contributed by atoms with E-state index in [0.29, 0.717) is 11.1 Å². The quantitative estimate of drug-likeness (QED) is 0.847. The number of rotatable bonds is 3. The zero-order valence-corrected chi connectivity index (χ0v) is 10.8. The Kier molecular flexibility index (Phi) is 4.12. The lowest BCUT2D eigenvalue weighted by Crippen LogP contribution is -2.07. The Balaban J connectivity index is 2.57. The summed E-state index contributed by atoms with van der Waals surface area (Å²) in [5.74, 6) is -1.16. The highest BCUT2D eigenvalue weighted by Crippen LogP contribution is 2.37. The van der Waals surface area contributed by atoms with Crippen molar-refractivity contribution in [2.45, 2.75) is 6.18 Å². The molecule has 0 saturated heterocycles. The van der Waals surface area contributed by atoms with Crippen LogP contribution in [-0.4, -0.2) is 11.1 Å². The SMILES string of the molecule is O=C(O)/C=C/c1ccc(C(F)(F)F)c(-c2ccccc2)c1. The van der Waals surface area contributed by atoms with Crippen molar-refractivity contribution in [1.29, 1.82) is 0 Å². The van der Waals surface area contributed by atoms with E-state index in [1.807, 2.05) is 0 Å². The van der Waals surface area contributed by atoms with Gasteiger partial charge in [-0.1, -0.05) is 36.4 Å². The van der Waals surface area contributed by atoms with Crippen molar-refractivity contribution in [3.63, 3.8) is 0 Å². The molecular formula is C16H11F3O2. The Morgan fingerprint density at radius 3 is 2.29 bits per heavy atom. The highest BCUT2D eigenvalue weighted by atomic mass is 19.4. The summed E-state index contributed by atoms with van der Waals surface area (Å²) in [4.78, 5) is 10.5. The third-order valence-corrected chi connectivity index (χ3v) is 2.85. The van der Waals surface area contributed by atoms with Crippen molar-refractivity contribution >= 4 is 12.0 Å². The normalized spacial score (nSPS) is 11.8. The molecule has 0 aliphatic heterocycles. The first-order chi connectivity index (χ1) is 9.88. The third kappa shape index (κ3) is 3.72. The fraction of sp³-hybridized carbons (Fsp3) is 0.0625. The molecule has 0 spiro atoms. The fourth-order valence-electron chi connectivity index (χ4n) is 1.94. The standard InChI is InChI=1S/C16H11F3O2/c17-16(18,19)14-8-6-11(7-9-15(20)21)10-13(14)12-4-2-1-3-5-12/h1-10H,(H,20,21)/b9-7+. The summed E-state index contributed by atoms with van der Waals surface area (Å²) in [5.41, 5.74) is 0.0940. The molecule has 0 aliphatic carbocycles. The van der Waals surface area contributed by atoms with Gasteiger partial charge >= 0.3 is 12.1 Å². The minimum absolute atomic E-state index is 0.0237. The van der Waals surface area contributed by atoms with Crippen LogP contribution in [0.2, 0.25) is 0 Å². The van der Waals surface area contributed by atoms with Gasteiger partial charge in [0.2, 0.25) is 0 Å². The molecule has 0 fully saturated rings. The third-order valence-electron chi connectivity index (χ3n) is 2.85. The van der Waals surface area contributed by atoms with E-state index in [1.165, 1.54) is 18.2 Å². The van der Waals surface area contributed by atoms with Crippen LogP contribution >= 0.6 is 0 Å². The molecular weight excluding hydrogens is 281 g/mol. The number of aliphatic carboxylic acids is 1. The summed E-state index contributed by atoms with van der Waals surface area (Å²) in [6.45, 7) is 0. The lowest BCUT2D eigenvalue weighted by atomic mass is 9.96. The molecule has 0 unspecified atom stereocenters. The maximum Gasteiger partial charge on any atom is 0.417 e. The first-order valence-electron chi connectivity index (χ1n) is 6.05. The van der Waals surface area contributed by atoms with Crippen molar-refractivity contribution in [2.75, 3.05) is 0 Å². The summed E-state index contributed by atoms with van der Waals surface area (Å²) in [6.07, 6.45) is -2.33. The minimum atomic E-state index is -4.47. The van der Waals surface area contributed by atoms with Crippen LogP contribution in [0.15, 0.2) is 54.6 Å². The van der Waals surface area contributed by atoms with Gasteiger partial charge in [0.15, 0.2) is 0 Å². The summed E-state index contributed by atoms with van der Waals surface area (Å²) in [5, 5.41) is 8.58. The van der Waals surface area contributed by atoms with Gasteiger partial charge in [-0.05, 0) is 34.9 Å². The largest absolute Gasteiger partial charge is 0.478 e. The highest BCUT2D eigenvalue weighted by Gasteiger charge is 2.33. The van der Waals surface area contributed by atoms with Gasteiger partial charge in [-0.2, -0.15) is 13.2 Å². The van der Waals surface area contributed by atoms with Gasteiger partial charge in [0.25, 0.3) is 0 Å². The molecule has 0 aliphatic rings. The highest BCUT2D eigenvalue weighted by molar-refractivity contribution is 5.85. The molecule has 0 aromatic heterocycles. The second-order valence-corrected chi connectivity index (χ2v) is 4.34. The summed E-state index contributed by atoms with van der Waals surface area (Å²) in [6, 6.07) is 11.7. The Bertz CT molecular complexity index is 674. The molecule has 0 heterocycles. The Hall–Kier alpha value is -2.56. The Morgan fingerprint density at radius 1 is 1.05 bits per heavy atom. The van der Waals surface area contributed by atoms with Crippen molar-refractivity contribution < 1.29 is 23.1 Å². The van der Waals surface area contributed by atoms with Gasteiger partial charge in [0.1, 0.15) is 0 Å². The van der Waals surface area contributed by atoms with E-state index < -0.39 is 17.7 Å². The van der Waals surface area contributed by atoms with Crippen LogP contribution < -0.4 is 0 Å². The molecule has 0 radical (unpaired) electrons. The smallest absolute Gasteiger partial charge is 0.417 e. The molecule has 2 nitrogen and oxygen atoms in total. The van der Waals surface area contributed by atoms with Gasteiger partial charge in [-0.3, -0.25) is 0 Å². The molecule has 0 bridgehead atoms. The molecule has 0 atom stereocenters. The molecule has 1 N–H and O–H groups in total. The average Bonchev–Trinajstić information content (AvgIpc) is 2.44. The molecule has 2 aromatic carbocycles. The lowest BCUT2D eigenvalue weighted by molar-refractivity contribution is -0.137. The molecule has 21 heavy (non-hydrogen) atoms. The van der Waals surface area contributed by atoms with Crippen LogP contribution in [0.5, 0.6) is 0 Å². The maximum atomic E-state index is 13.1. The van der Waals surface area contributed by atoms with Crippen molar-refractivity contribution in [1.82, 2.24) is 0 Å². The van der Waals surface area contributed by atoms with Crippen LogP contribution in [0, 0.1) is 0 Å². The van der Waals surface area contributed by atoms with Gasteiger partial charge in [0, 0.05) is 6.08 Å². The second kappa shape index (κ2) is 5.83. The lowest BCUT2D eigenvalue weighted by Gasteiger charge is -2.14. The first kappa shape index (κ1) is 14.8. The zero-order chi connectivity index (χ0) is 15.5. The predicted molar refractivity (Wildman–Crippen MR) is 73.5 cm³/mol. The van der Waals surface area contributed by atoms with E-state index in [0.717, 1.165) is 12.1 Å². The first-order valence-corrected chi connectivity index (χ1v) is 6.05. The molecule has 2 aromatic rings. The molecule has 0 amide bonds. The maximum absolute atomic E-state index is 13.1. The predicted octanol–water partition coefficient (Wildman–Crippen LogP) is 4.47. The molecule has 5 heteroatoms. The number of benzene rings is 2. The number of carbonyl (C=O) groups is 1. The van der Waals surface area contributed by atoms with Gasteiger partial charge in [0.05, 0.1) is 5.56 Å². The Morgan fingerprint density at radius 2 is 1.71 bits per heavy atom. The van der Waals surface area contributed by atoms with Gasteiger partial charge in [-0.25, -0.2) is 4.79 Å². The van der Waals surface area contributed by atoms with Crippen LogP contribution in [0.1, 0.15) is 11.1 Å². The number of carboxylic acids is 1. The van der Waals surface area contributed by atoms with Crippen molar-refractivity contribution in [3.05, 3.63) is 65.7 Å². The van der Waals surface area contributed by atoms with Gasteiger partial charge < -0.3 is 5.11 Å². The van der Waals surface area contributed by atoms with Crippen LogP contribution in [0.3, 0.4) is 0 Å². The van der Waals surface area contributed by atoms with E-state index in [1.54, 1.807) is 30.3 Å². The number of carboxylic acid groups (broad SMARTS) is 1. The van der Waals surface area contributed by atoms with Gasteiger partial charge in [-0.15, -0.1) is 0 Å². The topological polar surface area (TPSA) is 37.3 Å². The average molecular weight is 292 g/mol. The van der Waals surface area contributed by atoms with Crippen LogP contribution in [0.25, 0.3) is 17.2 Å². The number of hydrogen-bond acceptors (Lipinski definition) is 1. The minimum Gasteiger partial charge on any atom is -0.478 e. The number of halogens is 3. The molecule has 2 rings (SSSR count). The van der Waals surface area contributed by atoms with E-state index in [2.05, 4.69) is 0 Å². The molecule has 0 saturated carbocycles. The monoisotopic (exact) mass is 292 g/mol. The number of hydrogen-bond donors (Lipinski definition) is 1. The van der Waals surface area contributed by atoms with Crippen LogP contribution in [0.4, 0.5) is 13.2 Å². The zero-order valence-electron chi connectivity index (χ0n) is 10.8. The second-order valence-electron chi connectivity index (χ2n) is 4.34. The fourth-order valence-corrected chi connectivity index (χ4v) is 1.94. The van der Waals surface area contributed by atoms with Crippen molar-refractivity contribution in [3.8, 4) is 11.1 Å². The van der Waals surface area contributed by atoms with E-state index in [-0.39, 0.29) is 5.56 Å². The number of alkyl halides is 3. The van der Waals surface area contributed by atoms with Crippen molar-refractivity contribution in [2.24, 2.45) is 0 Å². The Labute approximate surface area is 119 Å².